The lowest BCUT2D eigenvalue weighted by Gasteiger charge is -2.20. The molecule has 1 aliphatic heterocycles. The average molecular weight is 548 g/mol. The molecule has 0 amide bonds. The monoisotopic (exact) mass is 547 g/mol. The van der Waals surface area contributed by atoms with E-state index in [1.165, 1.54) is 6.07 Å². The van der Waals surface area contributed by atoms with Crippen molar-refractivity contribution < 1.29 is 9.13 Å². The van der Waals surface area contributed by atoms with Crippen molar-refractivity contribution in [3.05, 3.63) is 52.9 Å². The molecule has 0 radical (unpaired) electrons. The molecule has 2 heterocycles. The van der Waals surface area contributed by atoms with Crippen molar-refractivity contribution in [3.8, 4) is 5.75 Å². The van der Waals surface area contributed by atoms with Crippen molar-refractivity contribution in [2.45, 2.75) is 25.8 Å². The number of halogens is 3. The number of aromatic nitrogens is 1. The quantitative estimate of drug-likeness (QED) is 0.313. The van der Waals surface area contributed by atoms with Crippen LogP contribution in [0.3, 0.4) is 0 Å². The summed E-state index contributed by atoms with van der Waals surface area (Å²) >= 11 is 6.31. The molecule has 6 nitrogen and oxygen atoms in total. The third-order valence-corrected chi connectivity index (χ3v) is 5.18. The maximum absolute atomic E-state index is 14.0. The lowest BCUT2D eigenvalue weighted by molar-refractivity contribution is 0.414. The highest BCUT2D eigenvalue weighted by atomic mass is 127. The number of rotatable bonds is 7. The lowest BCUT2D eigenvalue weighted by atomic mass is 10.1. The lowest BCUT2D eigenvalue weighted by Crippen LogP contribution is -2.44. The Morgan fingerprint density at radius 2 is 2.23 bits per heavy atom. The molecule has 2 N–H and O–H groups in total. The number of benzene rings is 1. The molecule has 1 aliphatic rings. The van der Waals surface area contributed by atoms with E-state index in [9.17, 15) is 4.39 Å². The van der Waals surface area contributed by atoms with E-state index in [-0.39, 0.29) is 35.8 Å². The minimum atomic E-state index is -0.287. The van der Waals surface area contributed by atoms with Gasteiger partial charge in [-0.1, -0.05) is 17.7 Å². The Labute approximate surface area is 199 Å². The summed E-state index contributed by atoms with van der Waals surface area (Å²) in [6.07, 6.45) is 3.25. The van der Waals surface area contributed by atoms with E-state index < -0.39 is 0 Å². The fourth-order valence-electron chi connectivity index (χ4n) is 3.34. The van der Waals surface area contributed by atoms with Gasteiger partial charge in [0.2, 0.25) is 0 Å². The van der Waals surface area contributed by atoms with Gasteiger partial charge < -0.3 is 20.3 Å². The predicted molar refractivity (Wildman–Crippen MR) is 131 cm³/mol. The molecule has 3 rings (SSSR count). The number of guanidine groups is 1. The standard InChI is InChI=1S/C21H27ClFN5O.HI/c1-3-24-21(26-11-8-15-6-7-17(29-2)13-18(15)22)27-16-9-12-28(14-16)20-19(23)5-4-10-25-20;/h4-7,10,13,16H,3,8-9,11-12,14H2,1-2H3,(H2,24,26,27);1H. The molecule has 0 aliphatic carbocycles. The third-order valence-electron chi connectivity index (χ3n) is 4.82. The SMILES string of the molecule is CCNC(=NCCc1ccc(OC)cc1Cl)NC1CCN(c2ncccc2F)C1.I. The van der Waals surface area contributed by atoms with E-state index in [0.29, 0.717) is 23.9 Å². The number of hydrogen-bond acceptors (Lipinski definition) is 4. The van der Waals surface area contributed by atoms with Gasteiger partial charge >= 0.3 is 0 Å². The summed E-state index contributed by atoms with van der Waals surface area (Å²) in [5.41, 5.74) is 1.03. The van der Waals surface area contributed by atoms with E-state index in [4.69, 9.17) is 16.3 Å². The van der Waals surface area contributed by atoms with Gasteiger partial charge in [-0.3, -0.25) is 4.99 Å². The number of hydrogen-bond donors (Lipinski definition) is 2. The molecule has 1 saturated heterocycles. The van der Waals surface area contributed by atoms with Crippen LogP contribution in [0.5, 0.6) is 5.75 Å². The van der Waals surface area contributed by atoms with Gasteiger partial charge in [0.1, 0.15) is 5.75 Å². The number of aliphatic imine (C=N–C) groups is 1. The molecule has 0 bridgehead atoms. The third kappa shape index (κ3) is 6.60. The van der Waals surface area contributed by atoms with Crippen LogP contribution in [-0.2, 0) is 6.42 Å². The predicted octanol–water partition coefficient (Wildman–Crippen LogP) is 3.88. The Balaban J connectivity index is 0.00000320. The van der Waals surface area contributed by atoms with Crippen LogP contribution in [0.4, 0.5) is 10.2 Å². The zero-order chi connectivity index (χ0) is 20.6. The van der Waals surface area contributed by atoms with Crippen molar-refractivity contribution in [2.24, 2.45) is 4.99 Å². The van der Waals surface area contributed by atoms with Gasteiger partial charge in [-0.25, -0.2) is 9.37 Å². The molecule has 1 unspecified atom stereocenters. The Kier molecular flexibility index (Phi) is 9.90. The molecule has 0 spiro atoms. The number of pyridine rings is 1. The van der Waals surface area contributed by atoms with E-state index in [1.807, 2.05) is 30.0 Å². The molecule has 1 aromatic carbocycles. The van der Waals surface area contributed by atoms with Gasteiger partial charge in [-0.15, -0.1) is 24.0 Å². The van der Waals surface area contributed by atoms with Crippen molar-refractivity contribution in [2.75, 3.05) is 38.2 Å². The number of nitrogens with one attached hydrogen (secondary N) is 2. The smallest absolute Gasteiger partial charge is 0.191 e. The Bertz CT molecular complexity index is 854. The maximum Gasteiger partial charge on any atom is 0.191 e. The van der Waals surface area contributed by atoms with Crippen LogP contribution in [0.15, 0.2) is 41.5 Å². The van der Waals surface area contributed by atoms with Gasteiger partial charge in [-0.05, 0) is 49.6 Å². The van der Waals surface area contributed by atoms with Gasteiger partial charge in [0, 0.05) is 43.4 Å². The summed E-state index contributed by atoms with van der Waals surface area (Å²) in [4.78, 5) is 10.8. The highest BCUT2D eigenvalue weighted by Crippen LogP contribution is 2.23. The number of ether oxygens (including phenoxy) is 1. The zero-order valence-corrected chi connectivity index (χ0v) is 20.3. The van der Waals surface area contributed by atoms with Crippen molar-refractivity contribution in [3.63, 3.8) is 0 Å². The van der Waals surface area contributed by atoms with Gasteiger partial charge in [0.25, 0.3) is 0 Å². The molecule has 0 saturated carbocycles. The molecular formula is C21H28ClFIN5O. The minimum absolute atomic E-state index is 0. The largest absolute Gasteiger partial charge is 0.497 e. The topological polar surface area (TPSA) is 61.8 Å². The van der Waals surface area contributed by atoms with Crippen LogP contribution in [-0.4, -0.2) is 50.3 Å². The highest BCUT2D eigenvalue weighted by molar-refractivity contribution is 14.0. The van der Waals surface area contributed by atoms with Gasteiger partial charge in [0.15, 0.2) is 17.6 Å². The van der Waals surface area contributed by atoms with Crippen molar-refractivity contribution >= 4 is 47.4 Å². The van der Waals surface area contributed by atoms with Crippen LogP contribution in [0, 0.1) is 5.82 Å². The molecule has 1 atom stereocenters. The first-order chi connectivity index (χ1) is 14.1. The summed E-state index contributed by atoms with van der Waals surface area (Å²) < 4.78 is 19.2. The second-order valence-electron chi connectivity index (χ2n) is 6.85. The van der Waals surface area contributed by atoms with Crippen molar-refractivity contribution in [1.82, 2.24) is 15.6 Å². The minimum Gasteiger partial charge on any atom is -0.497 e. The molecule has 9 heteroatoms. The Morgan fingerprint density at radius 3 is 2.93 bits per heavy atom. The fourth-order valence-corrected chi connectivity index (χ4v) is 3.60. The highest BCUT2D eigenvalue weighted by Gasteiger charge is 2.25. The molecule has 30 heavy (non-hydrogen) atoms. The maximum atomic E-state index is 14.0. The van der Waals surface area contributed by atoms with Crippen LogP contribution in [0.2, 0.25) is 5.02 Å². The van der Waals surface area contributed by atoms with E-state index in [0.717, 1.165) is 43.2 Å². The second kappa shape index (κ2) is 12.1. The average Bonchev–Trinajstić information content (AvgIpc) is 3.17. The summed E-state index contributed by atoms with van der Waals surface area (Å²) in [5.74, 6) is 1.62. The Hall–Kier alpha value is -1.81. The summed E-state index contributed by atoms with van der Waals surface area (Å²) in [6, 6.07) is 8.91. The number of anilines is 1. The molecule has 1 fully saturated rings. The normalized spacial score (nSPS) is 16.2. The van der Waals surface area contributed by atoms with Crippen LogP contribution >= 0.6 is 35.6 Å². The van der Waals surface area contributed by atoms with Crippen LogP contribution in [0.25, 0.3) is 0 Å². The molecule has 164 valence electrons. The van der Waals surface area contributed by atoms with Gasteiger partial charge in [0.05, 0.1) is 7.11 Å². The van der Waals surface area contributed by atoms with E-state index in [1.54, 1.807) is 19.4 Å². The van der Waals surface area contributed by atoms with Gasteiger partial charge in [-0.2, -0.15) is 0 Å². The first-order valence-electron chi connectivity index (χ1n) is 9.83. The number of methoxy groups -OCH3 is 1. The van der Waals surface area contributed by atoms with Crippen molar-refractivity contribution in [1.29, 1.82) is 0 Å². The summed E-state index contributed by atoms with van der Waals surface area (Å²) in [6.45, 7) is 4.84. The first kappa shape index (κ1) is 24.5. The van der Waals surface area contributed by atoms with E-state index in [2.05, 4.69) is 20.6 Å². The van der Waals surface area contributed by atoms with Crippen LogP contribution in [0.1, 0.15) is 18.9 Å². The second-order valence-corrected chi connectivity index (χ2v) is 7.26. The summed E-state index contributed by atoms with van der Waals surface area (Å²) in [5, 5.41) is 7.40. The molecular weight excluding hydrogens is 520 g/mol. The Morgan fingerprint density at radius 1 is 1.40 bits per heavy atom. The molecule has 2 aromatic rings. The van der Waals surface area contributed by atoms with Crippen LogP contribution < -0.4 is 20.3 Å². The zero-order valence-electron chi connectivity index (χ0n) is 17.2. The van der Waals surface area contributed by atoms with E-state index >= 15 is 0 Å². The molecule has 1 aromatic heterocycles. The fraction of sp³-hybridized carbons (Fsp3) is 0.429. The first-order valence-corrected chi connectivity index (χ1v) is 10.2. The summed E-state index contributed by atoms with van der Waals surface area (Å²) in [7, 11) is 1.62. The number of nitrogens with zero attached hydrogens (tertiary/aromatic N) is 3.